The number of aldehydes is 1. The van der Waals surface area contributed by atoms with Gasteiger partial charge >= 0.3 is 40.2 Å². The van der Waals surface area contributed by atoms with E-state index in [1.54, 1.807) is 51.1 Å². The minimum atomic E-state index is -4.94. The van der Waals surface area contributed by atoms with Gasteiger partial charge < -0.3 is 93.2 Å². The van der Waals surface area contributed by atoms with E-state index in [0.717, 1.165) is 17.0 Å². The fraction of sp³-hybridized carbons (Fsp3) is 0.542. The van der Waals surface area contributed by atoms with Crippen molar-refractivity contribution < 1.29 is 120 Å². The Morgan fingerprint density at radius 1 is 0.568 bits per heavy atom. The standard InChI is InChI=1S/C59H82N10O24S.H2O/c1-5-32(4)50(68-55(85)41(20-24-48(77)78)63-52(82)38(17-21-45(71)72)64-57(87)43(27-33-10-7-6-8-11-33)66-51(81)37(60)29-49(79)80)59(89)69-25-9-12-44(69)58(88)65-40(19-23-47(75)76)53(83)62-39(18-22-46(73)74)54(84)67-42(56(86)61-35(30-70)26-31(2)3)28-34-13-15-36(16-14-34)93-94(90,91)92;/h6-8,10-11,13-16,30-32,35,37-44,50H,5,9,12,17-29,60H2,1-4H3,(H,61,86)(H,62,83)(H,63,82)(H,64,87)(H,65,88)(H,66,81)(H,67,84)(H,68,85)(H,71,72)(H,73,74)(H,75,76)(H,77,78)(H,79,80)(H,90,91,92);1H2/t32-,35-,37-,38-,39-,40-,41-,42-,43-,44-,50-;/m0./s1. The number of amides is 9. The van der Waals surface area contributed by atoms with E-state index in [1.165, 1.54) is 19.1 Å². The second-order valence-electron chi connectivity index (χ2n) is 22.8. The number of nitrogens with two attached hydrogens (primary N) is 1. The number of carboxylic acid groups (broad SMARTS) is 5. The molecule has 11 atom stereocenters. The monoisotopic (exact) mass is 1360 g/mol. The largest absolute Gasteiger partial charge is 0.481 e. The third-order valence-corrected chi connectivity index (χ3v) is 15.2. The van der Waals surface area contributed by atoms with Gasteiger partial charge in [0.25, 0.3) is 0 Å². The van der Waals surface area contributed by atoms with E-state index in [-0.39, 0.29) is 67.8 Å². The second kappa shape index (κ2) is 39.8. The van der Waals surface area contributed by atoms with Crippen molar-refractivity contribution in [3.63, 3.8) is 0 Å². The fourth-order valence-electron chi connectivity index (χ4n) is 9.73. The van der Waals surface area contributed by atoms with E-state index in [0.29, 0.717) is 11.8 Å². The summed E-state index contributed by atoms with van der Waals surface area (Å²) < 4.78 is 36.1. The summed E-state index contributed by atoms with van der Waals surface area (Å²) in [5.41, 5.74) is 6.45. The summed E-state index contributed by atoms with van der Waals surface area (Å²) in [5.74, 6) is -18.3. The molecule has 1 aliphatic rings. The van der Waals surface area contributed by atoms with E-state index >= 15 is 0 Å². The van der Waals surface area contributed by atoms with Gasteiger partial charge in [-0.25, -0.2) is 0 Å². The predicted octanol–water partition coefficient (Wildman–Crippen LogP) is -2.75. The van der Waals surface area contributed by atoms with E-state index in [1.807, 2.05) is 0 Å². The number of carbonyl (C=O) groups is 15. The summed E-state index contributed by atoms with van der Waals surface area (Å²) in [6.07, 6.45) is -6.33. The van der Waals surface area contributed by atoms with Gasteiger partial charge in [0.2, 0.25) is 53.2 Å². The van der Waals surface area contributed by atoms with Gasteiger partial charge in [0, 0.05) is 45.1 Å². The molecule has 0 aliphatic carbocycles. The molecule has 0 spiro atoms. The number of aliphatic carboxylic acids is 5. The topological polar surface area (TPSA) is 578 Å². The van der Waals surface area contributed by atoms with Crippen LogP contribution in [0.5, 0.6) is 5.75 Å². The highest BCUT2D eigenvalue weighted by Crippen LogP contribution is 2.23. The molecule has 0 radical (unpaired) electrons. The average Bonchev–Trinajstić information content (AvgIpc) is 1.85. The van der Waals surface area contributed by atoms with Crippen molar-refractivity contribution >= 4 is 99.7 Å². The zero-order valence-electron chi connectivity index (χ0n) is 52.5. The number of benzene rings is 2. The quantitative estimate of drug-likeness (QED) is 0.0237. The summed E-state index contributed by atoms with van der Waals surface area (Å²) in [6, 6.07) is -3.34. The number of nitrogens with zero attached hydrogens (tertiary/aromatic N) is 1. The van der Waals surface area contributed by atoms with Gasteiger partial charge in [0.1, 0.15) is 60.4 Å². The van der Waals surface area contributed by atoms with E-state index in [2.05, 4.69) is 46.7 Å². The molecule has 1 fully saturated rings. The van der Waals surface area contributed by atoms with Crippen molar-refractivity contribution in [2.45, 2.75) is 184 Å². The Kier molecular flexibility index (Phi) is 34.1. The van der Waals surface area contributed by atoms with Crippen LogP contribution in [0.4, 0.5) is 0 Å². The van der Waals surface area contributed by atoms with Gasteiger partial charge in [0.15, 0.2) is 0 Å². The van der Waals surface area contributed by atoms with Crippen LogP contribution in [-0.4, -0.2) is 205 Å². The van der Waals surface area contributed by atoms with Crippen LogP contribution in [0.2, 0.25) is 0 Å². The average molecular weight is 1370 g/mol. The molecule has 35 nitrogen and oxygen atoms in total. The van der Waals surface area contributed by atoms with Crippen molar-refractivity contribution in [1.82, 2.24) is 47.4 Å². The molecule has 0 unspecified atom stereocenters. The van der Waals surface area contributed by atoms with Crippen LogP contribution in [0.3, 0.4) is 0 Å². The van der Waals surface area contributed by atoms with E-state index in [4.69, 9.17) is 10.3 Å². The summed E-state index contributed by atoms with van der Waals surface area (Å²) in [5, 5.41) is 67.0. The predicted molar refractivity (Wildman–Crippen MR) is 329 cm³/mol. The van der Waals surface area contributed by atoms with Crippen LogP contribution in [0, 0.1) is 11.8 Å². The van der Waals surface area contributed by atoms with Gasteiger partial charge in [-0.05, 0) is 80.0 Å². The van der Waals surface area contributed by atoms with Crippen molar-refractivity contribution in [1.29, 1.82) is 0 Å². The normalized spacial score (nSPS) is 15.9. The molecule has 36 heteroatoms. The molecule has 18 N–H and O–H groups in total. The number of carboxylic acids is 5. The van der Waals surface area contributed by atoms with Crippen molar-refractivity contribution in [3.05, 3.63) is 65.7 Å². The fourth-order valence-corrected chi connectivity index (χ4v) is 10.1. The molecule has 95 heavy (non-hydrogen) atoms. The number of nitrogens with one attached hydrogen (secondary N) is 8. The highest BCUT2D eigenvalue weighted by Gasteiger charge is 2.42. The smallest absolute Gasteiger partial charge is 0.446 e. The lowest BCUT2D eigenvalue weighted by atomic mass is 9.96. The highest BCUT2D eigenvalue weighted by atomic mass is 32.3. The minimum absolute atomic E-state index is 0. The molecule has 0 saturated carbocycles. The lowest BCUT2D eigenvalue weighted by molar-refractivity contribution is -0.144. The van der Waals surface area contributed by atoms with Gasteiger partial charge in [0.05, 0.1) is 18.5 Å². The Labute approximate surface area is 545 Å². The van der Waals surface area contributed by atoms with Crippen LogP contribution in [-0.2, 0) is 95.2 Å². The van der Waals surface area contributed by atoms with E-state index < -0.39 is 218 Å². The molecular weight excluding hydrogens is 1280 g/mol. The third kappa shape index (κ3) is 29.4. The maximum Gasteiger partial charge on any atom is 0.446 e. The minimum Gasteiger partial charge on any atom is -0.481 e. The molecule has 3 rings (SSSR count). The van der Waals surface area contributed by atoms with Gasteiger partial charge in [-0.3, -0.25) is 71.7 Å². The lowest BCUT2D eigenvalue weighted by Gasteiger charge is -2.33. The number of rotatable bonds is 42. The number of carbonyl (C=O) groups excluding carboxylic acids is 10. The SMILES string of the molecule is CC[C@H](C)[C@H](NC(=O)[C@H](CCC(=O)O)NC(=O)[C@H](CCC(=O)O)NC(=O)[C@H](Cc1ccccc1)NC(=O)[C@@H](N)CC(=O)O)C(=O)N1CCC[C@H]1C(=O)N[C@@H](CCC(=O)O)C(=O)N[C@@H](CCC(=O)O)C(=O)N[C@@H](Cc1ccc(OS(=O)(=O)O)cc1)C(=O)N[C@H](C=O)CC(C)C.O. The van der Waals surface area contributed by atoms with Crippen molar-refractivity contribution in [2.75, 3.05) is 6.54 Å². The Morgan fingerprint density at radius 3 is 1.38 bits per heavy atom. The molecule has 0 aromatic heterocycles. The first-order chi connectivity index (χ1) is 44.1. The molecular formula is C59H84N10O25S. The van der Waals surface area contributed by atoms with Gasteiger partial charge in [-0.1, -0.05) is 76.6 Å². The maximum atomic E-state index is 14.7. The first kappa shape index (κ1) is 81.4. The van der Waals surface area contributed by atoms with Crippen molar-refractivity contribution in [3.8, 4) is 5.75 Å². The molecule has 1 heterocycles. The van der Waals surface area contributed by atoms with Gasteiger partial charge in [-0.2, -0.15) is 8.42 Å². The van der Waals surface area contributed by atoms with Crippen LogP contribution in [0.1, 0.15) is 122 Å². The number of likely N-dealkylation sites (tertiary alicyclic amines) is 1. The summed E-state index contributed by atoms with van der Waals surface area (Å²) in [4.78, 5) is 199. The van der Waals surface area contributed by atoms with Crippen LogP contribution in [0.25, 0.3) is 0 Å². The molecule has 2 aromatic carbocycles. The molecule has 2 aromatic rings. The van der Waals surface area contributed by atoms with Gasteiger partial charge in [-0.15, -0.1) is 0 Å². The van der Waals surface area contributed by atoms with Crippen LogP contribution < -0.4 is 52.5 Å². The van der Waals surface area contributed by atoms with Crippen LogP contribution in [0.15, 0.2) is 54.6 Å². The Morgan fingerprint density at radius 2 is 0.968 bits per heavy atom. The second-order valence-corrected chi connectivity index (χ2v) is 23.8. The Bertz CT molecular complexity index is 3160. The highest BCUT2D eigenvalue weighted by molar-refractivity contribution is 7.81. The third-order valence-electron chi connectivity index (χ3n) is 14.8. The summed E-state index contributed by atoms with van der Waals surface area (Å²) in [6.45, 7) is 6.54. The summed E-state index contributed by atoms with van der Waals surface area (Å²) in [7, 11) is -4.94. The first-order valence-electron chi connectivity index (χ1n) is 29.9. The molecule has 9 amide bonds. The summed E-state index contributed by atoms with van der Waals surface area (Å²) >= 11 is 0. The molecule has 1 aliphatic heterocycles. The molecule has 1 saturated heterocycles. The number of hydrogen-bond acceptors (Lipinski definition) is 19. The lowest BCUT2D eigenvalue weighted by Crippen LogP contribution is -2.61. The number of hydrogen-bond donors (Lipinski definition) is 15. The van der Waals surface area contributed by atoms with E-state index in [9.17, 15) is 106 Å². The molecule has 0 bridgehead atoms. The first-order valence-corrected chi connectivity index (χ1v) is 31.3. The molecule has 526 valence electrons. The Hall–Kier alpha value is -9.68. The van der Waals surface area contributed by atoms with Crippen molar-refractivity contribution in [2.24, 2.45) is 17.6 Å². The zero-order valence-corrected chi connectivity index (χ0v) is 53.3. The zero-order chi connectivity index (χ0) is 70.6. The van der Waals surface area contributed by atoms with Crippen LogP contribution >= 0.6 is 0 Å². The maximum absolute atomic E-state index is 14.7. The Balaban J connectivity index is 0.0000307.